The van der Waals surface area contributed by atoms with Crippen LogP contribution in [0.15, 0.2) is 54.6 Å². The van der Waals surface area contributed by atoms with E-state index in [1.165, 1.54) is 0 Å². The molecule has 0 fully saturated rings. The van der Waals surface area contributed by atoms with E-state index in [1.807, 2.05) is 49.4 Å². The molecule has 0 saturated heterocycles. The molecule has 2 atom stereocenters. The van der Waals surface area contributed by atoms with Crippen molar-refractivity contribution in [1.29, 1.82) is 0 Å². The minimum atomic E-state index is -0.578. The number of aliphatic hydroxyl groups is 1. The number of ether oxygens (including phenoxy) is 1. The molecule has 0 bridgehead atoms. The maximum absolute atomic E-state index is 9.30. The van der Waals surface area contributed by atoms with E-state index in [2.05, 4.69) is 34.3 Å². The Kier molecular flexibility index (Phi) is 7.38. The zero-order valence-corrected chi connectivity index (χ0v) is 18.9. The maximum atomic E-state index is 9.30. The molecule has 2 aromatic rings. The Morgan fingerprint density at radius 2 is 1.50 bits per heavy atom. The number of rotatable bonds is 7. The van der Waals surface area contributed by atoms with Gasteiger partial charge in [-0.05, 0) is 48.1 Å². The molecule has 0 radical (unpaired) electrons. The molecule has 2 rings (SSSR count). The monoisotopic (exact) mass is 420 g/mol. The average Bonchev–Trinajstić information content (AvgIpc) is 2.60. The van der Waals surface area contributed by atoms with E-state index in [9.17, 15) is 5.11 Å². The van der Waals surface area contributed by atoms with Crippen molar-refractivity contribution < 1.29 is 9.84 Å². The van der Waals surface area contributed by atoms with Crippen molar-refractivity contribution >= 4 is 23.2 Å². The summed E-state index contributed by atoms with van der Waals surface area (Å²) in [4.78, 5) is 0. The van der Waals surface area contributed by atoms with Gasteiger partial charge in [-0.2, -0.15) is 0 Å². The summed E-state index contributed by atoms with van der Waals surface area (Å²) in [5.74, 6) is 0. The summed E-state index contributed by atoms with van der Waals surface area (Å²) in [6.07, 6.45) is 0.260. The van der Waals surface area contributed by atoms with Crippen LogP contribution in [0.5, 0.6) is 0 Å². The van der Waals surface area contributed by atoms with Crippen LogP contribution < -0.4 is 0 Å². The van der Waals surface area contributed by atoms with Gasteiger partial charge in [0.1, 0.15) is 0 Å². The second-order valence-corrected chi connectivity index (χ2v) is 9.30. The van der Waals surface area contributed by atoms with E-state index in [0.717, 1.165) is 22.3 Å². The summed E-state index contributed by atoms with van der Waals surface area (Å²) in [6, 6.07) is 13.4. The van der Waals surface area contributed by atoms with E-state index in [0.29, 0.717) is 16.5 Å². The third-order valence-corrected chi connectivity index (χ3v) is 6.23. The first-order valence-electron chi connectivity index (χ1n) is 9.46. The molecule has 0 amide bonds. The maximum Gasteiger partial charge on any atom is 0.0914 e. The van der Waals surface area contributed by atoms with E-state index < -0.39 is 5.60 Å². The molecule has 2 aromatic carbocycles. The molecule has 152 valence electrons. The van der Waals surface area contributed by atoms with Crippen LogP contribution in [-0.2, 0) is 17.8 Å². The van der Waals surface area contributed by atoms with Gasteiger partial charge in [0, 0.05) is 22.0 Å². The second-order valence-electron chi connectivity index (χ2n) is 8.48. The van der Waals surface area contributed by atoms with Gasteiger partial charge in [-0.3, -0.25) is 0 Å². The molecular weight excluding hydrogens is 391 g/mol. The molecule has 4 heteroatoms. The molecular formula is C24H30Cl2O2. The van der Waals surface area contributed by atoms with Crippen LogP contribution >= 0.6 is 23.2 Å². The molecule has 2 nitrogen and oxygen atoms in total. The van der Waals surface area contributed by atoms with Gasteiger partial charge in [-0.25, -0.2) is 0 Å². The topological polar surface area (TPSA) is 29.5 Å². The molecule has 2 unspecified atom stereocenters. The van der Waals surface area contributed by atoms with Crippen molar-refractivity contribution in [2.75, 3.05) is 0 Å². The van der Waals surface area contributed by atoms with E-state index in [4.69, 9.17) is 27.9 Å². The Labute approximate surface area is 179 Å². The molecule has 0 heterocycles. The third kappa shape index (κ3) is 4.99. The van der Waals surface area contributed by atoms with Gasteiger partial charge in [-0.15, -0.1) is 0 Å². The Morgan fingerprint density at radius 3 is 1.93 bits per heavy atom. The fraction of sp³-hybridized carbons (Fsp3) is 0.417. The fourth-order valence-electron chi connectivity index (χ4n) is 3.22. The number of benzene rings is 2. The standard InChI is InChI=1S/C24H30Cl2O2/c1-16(2)24(6,23(3,4)5)28-21(22-19(25)8-7-9-20(22)26)14-17-10-12-18(15-27)13-11-17/h7-13,21,27H,1,14-15H2,2-6H3. The van der Waals surface area contributed by atoms with Gasteiger partial charge in [-0.1, -0.05) is 80.9 Å². The minimum Gasteiger partial charge on any atom is -0.392 e. The van der Waals surface area contributed by atoms with Crippen LogP contribution in [0.1, 0.15) is 57.4 Å². The molecule has 0 aliphatic heterocycles. The summed E-state index contributed by atoms with van der Waals surface area (Å²) in [6.45, 7) is 14.7. The molecule has 0 saturated carbocycles. The van der Waals surface area contributed by atoms with Crippen molar-refractivity contribution in [1.82, 2.24) is 0 Å². The highest BCUT2D eigenvalue weighted by molar-refractivity contribution is 6.36. The first kappa shape index (κ1) is 23.0. The highest BCUT2D eigenvalue weighted by atomic mass is 35.5. The van der Waals surface area contributed by atoms with Crippen LogP contribution in [-0.4, -0.2) is 10.7 Å². The predicted molar refractivity (Wildman–Crippen MR) is 119 cm³/mol. The molecule has 28 heavy (non-hydrogen) atoms. The first-order valence-corrected chi connectivity index (χ1v) is 10.2. The quantitative estimate of drug-likeness (QED) is 0.481. The van der Waals surface area contributed by atoms with Gasteiger partial charge in [0.2, 0.25) is 0 Å². The van der Waals surface area contributed by atoms with E-state index >= 15 is 0 Å². The highest BCUT2D eigenvalue weighted by Crippen LogP contribution is 2.45. The number of aliphatic hydroxyl groups excluding tert-OH is 1. The van der Waals surface area contributed by atoms with Crippen molar-refractivity contribution in [2.24, 2.45) is 5.41 Å². The van der Waals surface area contributed by atoms with Crippen molar-refractivity contribution in [3.63, 3.8) is 0 Å². The molecule has 0 aliphatic rings. The number of hydrogen-bond donors (Lipinski definition) is 1. The molecule has 0 aromatic heterocycles. The zero-order valence-electron chi connectivity index (χ0n) is 17.4. The highest BCUT2D eigenvalue weighted by Gasteiger charge is 2.42. The summed E-state index contributed by atoms with van der Waals surface area (Å²) < 4.78 is 6.75. The van der Waals surface area contributed by atoms with Crippen LogP contribution in [0.4, 0.5) is 0 Å². The average molecular weight is 421 g/mol. The normalized spacial score (nSPS) is 15.1. The fourth-order valence-corrected chi connectivity index (χ4v) is 3.86. The smallest absolute Gasteiger partial charge is 0.0914 e. The number of halogens is 2. The lowest BCUT2D eigenvalue weighted by Gasteiger charge is -2.45. The Bertz CT molecular complexity index is 801. The third-order valence-electron chi connectivity index (χ3n) is 5.57. The van der Waals surface area contributed by atoms with Crippen LogP contribution in [0.25, 0.3) is 0 Å². The van der Waals surface area contributed by atoms with Gasteiger partial charge in [0.05, 0.1) is 18.3 Å². The Balaban J connectivity index is 2.51. The van der Waals surface area contributed by atoms with Gasteiger partial charge >= 0.3 is 0 Å². The summed E-state index contributed by atoms with van der Waals surface area (Å²) in [5, 5.41) is 10.5. The SMILES string of the molecule is C=C(C)C(C)(OC(Cc1ccc(CO)cc1)c1c(Cl)cccc1Cl)C(C)(C)C. The van der Waals surface area contributed by atoms with Crippen molar-refractivity contribution in [3.8, 4) is 0 Å². The lowest BCUT2D eigenvalue weighted by atomic mass is 9.73. The van der Waals surface area contributed by atoms with Crippen LogP contribution in [0, 0.1) is 5.41 Å². The summed E-state index contributed by atoms with van der Waals surface area (Å²) >= 11 is 13.1. The van der Waals surface area contributed by atoms with Crippen LogP contribution in [0.3, 0.4) is 0 Å². The molecule has 1 N–H and O–H groups in total. The van der Waals surface area contributed by atoms with Crippen molar-refractivity contribution in [3.05, 3.63) is 81.4 Å². The van der Waals surface area contributed by atoms with E-state index in [1.54, 1.807) is 0 Å². The van der Waals surface area contributed by atoms with Gasteiger partial charge in [0.15, 0.2) is 0 Å². The summed E-state index contributed by atoms with van der Waals surface area (Å²) in [5.41, 5.74) is 2.93. The first-order chi connectivity index (χ1) is 13.0. The molecule has 0 spiro atoms. The Morgan fingerprint density at radius 1 is 1.00 bits per heavy atom. The minimum absolute atomic E-state index is 0.0221. The summed E-state index contributed by atoms with van der Waals surface area (Å²) in [7, 11) is 0. The van der Waals surface area contributed by atoms with Gasteiger partial charge < -0.3 is 9.84 Å². The predicted octanol–water partition coefficient (Wildman–Crippen LogP) is 7.17. The second kappa shape index (κ2) is 9.00. The van der Waals surface area contributed by atoms with E-state index in [-0.39, 0.29) is 18.1 Å². The van der Waals surface area contributed by atoms with Gasteiger partial charge in [0.25, 0.3) is 0 Å². The molecule has 0 aliphatic carbocycles. The number of hydrogen-bond acceptors (Lipinski definition) is 2. The zero-order chi connectivity index (χ0) is 21.1. The van der Waals surface area contributed by atoms with Crippen molar-refractivity contribution in [2.45, 2.75) is 59.4 Å². The van der Waals surface area contributed by atoms with Crippen LogP contribution in [0.2, 0.25) is 10.0 Å². The Hall–Kier alpha value is -1.32. The lowest BCUT2D eigenvalue weighted by molar-refractivity contribution is -0.119. The lowest BCUT2D eigenvalue weighted by Crippen LogP contribution is -2.44. The largest absolute Gasteiger partial charge is 0.392 e.